The molecule has 2 N–H and O–H groups in total. The number of carbonyl (C=O) groups is 1. The molecule has 0 bridgehead atoms. The molecule has 0 unspecified atom stereocenters. The van der Waals surface area contributed by atoms with Gasteiger partial charge < -0.3 is 24.2 Å². The largest absolute Gasteiger partial charge is 0.494 e. The van der Waals surface area contributed by atoms with E-state index in [2.05, 4.69) is 20.3 Å². The van der Waals surface area contributed by atoms with Crippen LogP contribution in [-0.2, 0) is 0 Å². The third-order valence-corrected chi connectivity index (χ3v) is 6.32. The fourth-order valence-electron chi connectivity index (χ4n) is 4.36. The highest BCUT2D eigenvalue weighted by Gasteiger charge is 2.16. The number of nitrogens with zero attached hydrogens (tertiary/aromatic N) is 2. The Morgan fingerprint density at radius 2 is 1.62 bits per heavy atom. The molecule has 0 atom stereocenters. The number of ether oxygens (including phenoxy) is 2. The Hall–Kier alpha value is -5.37. The molecule has 0 aliphatic carbocycles. The quantitative estimate of drug-likeness (QED) is 0.264. The molecule has 0 radical (unpaired) electrons. The van der Waals surface area contributed by atoms with E-state index in [0.29, 0.717) is 33.8 Å². The Kier molecular flexibility index (Phi) is 6.26. The lowest BCUT2D eigenvalue weighted by atomic mass is 10.1. The van der Waals surface area contributed by atoms with E-state index in [1.165, 1.54) is 0 Å². The lowest BCUT2D eigenvalue weighted by Gasteiger charge is -2.10. The third-order valence-electron chi connectivity index (χ3n) is 6.32. The maximum absolute atomic E-state index is 13.5. The number of aromatic amines is 1. The van der Waals surface area contributed by atoms with Crippen molar-refractivity contribution < 1.29 is 18.7 Å². The van der Waals surface area contributed by atoms with Gasteiger partial charge in [0.1, 0.15) is 22.8 Å². The van der Waals surface area contributed by atoms with Crippen LogP contribution in [0.1, 0.15) is 10.4 Å². The molecule has 192 valence electrons. The second-order valence-electron chi connectivity index (χ2n) is 8.76. The Morgan fingerprint density at radius 3 is 2.41 bits per heavy atom. The molecule has 2 aromatic heterocycles. The maximum atomic E-state index is 13.5. The van der Waals surface area contributed by atoms with E-state index in [1.807, 2.05) is 72.8 Å². The van der Waals surface area contributed by atoms with E-state index in [0.717, 1.165) is 22.4 Å². The molecule has 0 aliphatic heterocycles. The van der Waals surface area contributed by atoms with Crippen molar-refractivity contribution in [3.8, 4) is 22.9 Å². The molecule has 1 amide bonds. The van der Waals surface area contributed by atoms with Crippen LogP contribution in [0.4, 0.5) is 11.4 Å². The summed E-state index contributed by atoms with van der Waals surface area (Å²) in [5, 5.41) is 3.67. The minimum Gasteiger partial charge on any atom is -0.494 e. The number of nitrogens with one attached hydrogen (secondary N) is 2. The molecule has 0 spiro atoms. The van der Waals surface area contributed by atoms with Crippen molar-refractivity contribution >= 4 is 39.3 Å². The fraction of sp³-hybridized carbons (Fsp3) is 0.0645. The highest BCUT2D eigenvalue weighted by molar-refractivity contribution is 6.05. The average molecular weight is 517 g/mol. The van der Waals surface area contributed by atoms with Crippen LogP contribution in [0.25, 0.3) is 33.4 Å². The summed E-state index contributed by atoms with van der Waals surface area (Å²) in [6.07, 6.45) is 0. The van der Waals surface area contributed by atoms with Crippen molar-refractivity contribution in [1.29, 1.82) is 0 Å². The summed E-state index contributed by atoms with van der Waals surface area (Å²) in [4.78, 5) is 26.2. The van der Waals surface area contributed by atoms with Crippen molar-refractivity contribution in [3.63, 3.8) is 0 Å². The molecule has 0 saturated heterocycles. The van der Waals surface area contributed by atoms with Crippen LogP contribution in [0.2, 0.25) is 0 Å². The first-order valence-corrected chi connectivity index (χ1v) is 12.3. The average Bonchev–Trinajstić information content (AvgIpc) is 3.41. The number of hydrogen-bond acceptors (Lipinski definition) is 6. The van der Waals surface area contributed by atoms with E-state index < -0.39 is 0 Å². The Bertz CT molecular complexity index is 1850. The predicted molar refractivity (Wildman–Crippen MR) is 150 cm³/mol. The summed E-state index contributed by atoms with van der Waals surface area (Å²) >= 11 is 0. The number of carbonyl (C=O) groups excluding carboxylic acids is 1. The monoisotopic (exact) mass is 516 g/mol. The number of fused-ring (bicyclic) bond motifs is 2. The van der Waals surface area contributed by atoms with Gasteiger partial charge in [0, 0.05) is 16.6 Å². The van der Waals surface area contributed by atoms with Crippen molar-refractivity contribution in [3.05, 3.63) is 108 Å². The van der Waals surface area contributed by atoms with Crippen LogP contribution in [-0.4, -0.2) is 30.1 Å². The molecule has 2 heterocycles. The second-order valence-corrected chi connectivity index (χ2v) is 8.76. The van der Waals surface area contributed by atoms with Crippen LogP contribution in [0.15, 0.2) is 106 Å². The number of para-hydroxylation sites is 5. The summed E-state index contributed by atoms with van der Waals surface area (Å²) in [5.41, 5.74) is 4.80. The van der Waals surface area contributed by atoms with Crippen molar-refractivity contribution in [2.24, 2.45) is 4.99 Å². The minimum absolute atomic E-state index is 0.132. The maximum Gasteiger partial charge on any atom is 0.261 e. The molecule has 39 heavy (non-hydrogen) atoms. The van der Waals surface area contributed by atoms with Crippen LogP contribution in [0.5, 0.6) is 11.5 Å². The van der Waals surface area contributed by atoms with Crippen LogP contribution in [0.3, 0.4) is 0 Å². The molecule has 8 nitrogen and oxygen atoms in total. The lowest BCUT2D eigenvalue weighted by Crippen LogP contribution is -2.21. The van der Waals surface area contributed by atoms with Crippen molar-refractivity contribution in [2.45, 2.75) is 0 Å². The summed E-state index contributed by atoms with van der Waals surface area (Å²) in [7, 11) is 3.13. The number of amides is 1. The molecule has 0 aliphatic rings. The van der Waals surface area contributed by atoms with Gasteiger partial charge in [-0.1, -0.05) is 36.4 Å². The highest BCUT2D eigenvalue weighted by atomic mass is 16.5. The van der Waals surface area contributed by atoms with Crippen LogP contribution < -0.4 is 20.3 Å². The standard InChI is InChI=1S/C31H24N4O4/c1-37-26-12-6-5-11-25(26)35-31-22(18-20-8-7-13-27(38-2)28(20)39-31)30(36)32-21-16-14-19(15-17-21)29-33-23-9-3-4-10-24(23)34-29/h3-18H,1-2H3,(H,32,36)(H,33,34). The zero-order valence-electron chi connectivity index (χ0n) is 21.3. The molecule has 6 aromatic rings. The van der Waals surface area contributed by atoms with E-state index in [1.54, 1.807) is 38.5 Å². The molecular formula is C31H24N4O4. The number of methoxy groups -OCH3 is 2. The van der Waals surface area contributed by atoms with Gasteiger partial charge in [0.05, 0.1) is 25.3 Å². The van der Waals surface area contributed by atoms with Gasteiger partial charge in [0.2, 0.25) is 5.55 Å². The number of imidazole rings is 1. The first-order chi connectivity index (χ1) is 19.1. The number of benzene rings is 4. The normalized spacial score (nSPS) is 11.6. The van der Waals surface area contributed by atoms with E-state index in [-0.39, 0.29) is 17.0 Å². The topological polar surface area (TPSA) is 102 Å². The van der Waals surface area contributed by atoms with Gasteiger partial charge in [-0.15, -0.1) is 0 Å². The summed E-state index contributed by atoms with van der Waals surface area (Å²) in [5.74, 6) is 1.49. The smallest absolute Gasteiger partial charge is 0.261 e. The van der Waals surface area contributed by atoms with Crippen LogP contribution in [0, 0.1) is 0 Å². The number of anilines is 1. The molecule has 8 heteroatoms. The number of rotatable bonds is 6. The zero-order valence-corrected chi connectivity index (χ0v) is 21.3. The van der Waals surface area contributed by atoms with Gasteiger partial charge in [-0.05, 0) is 60.7 Å². The Balaban J connectivity index is 1.37. The minimum atomic E-state index is -0.367. The van der Waals surface area contributed by atoms with Crippen LogP contribution >= 0.6 is 0 Å². The van der Waals surface area contributed by atoms with E-state index in [4.69, 9.17) is 13.9 Å². The Morgan fingerprint density at radius 1 is 0.872 bits per heavy atom. The van der Waals surface area contributed by atoms with Gasteiger partial charge in [0.15, 0.2) is 11.3 Å². The van der Waals surface area contributed by atoms with Crippen molar-refractivity contribution in [2.75, 3.05) is 19.5 Å². The van der Waals surface area contributed by atoms with Gasteiger partial charge >= 0.3 is 0 Å². The number of hydrogen-bond donors (Lipinski definition) is 2. The first-order valence-electron chi connectivity index (χ1n) is 12.3. The lowest BCUT2D eigenvalue weighted by molar-refractivity contribution is 0.102. The SMILES string of the molecule is COc1ccccc1N=c1oc2c(OC)cccc2cc1C(=O)Nc1ccc(-c2nc3ccccc3[nH]2)cc1. The van der Waals surface area contributed by atoms with Gasteiger partial charge in [-0.25, -0.2) is 9.98 Å². The predicted octanol–water partition coefficient (Wildman–Crippen LogP) is 6.48. The van der Waals surface area contributed by atoms with E-state index >= 15 is 0 Å². The molecule has 4 aromatic carbocycles. The zero-order chi connectivity index (χ0) is 26.8. The first kappa shape index (κ1) is 24.0. The summed E-state index contributed by atoms with van der Waals surface area (Å²) < 4.78 is 17.1. The Labute approximate surface area is 223 Å². The molecular weight excluding hydrogens is 492 g/mol. The van der Waals surface area contributed by atoms with Gasteiger partial charge in [-0.3, -0.25) is 4.79 Å². The van der Waals surface area contributed by atoms with E-state index in [9.17, 15) is 4.79 Å². The van der Waals surface area contributed by atoms with Gasteiger partial charge in [-0.2, -0.15) is 0 Å². The fourth-order valence-corrected chi connectivity index (χ4v) is 4.36. The molecule has 6 rings (SSSR count). The molecule has 0 fully saturated rings. The third kappa shape index (κ3) is 4.71. The number of aromatic nitrogens is 2. The van der Waals surface area contributed by atoms with Crippen molar-refractivity contribution in [1.82, 2.24) is 9.97 Å². The second kappa shape index (κ2) is 10.2. The highest BCUT2D eigenvalue weighted by Crippen LogP contribution is 2.28. The molecule has 0 saturated carbocycles. The summed E-state index contributed by atoms with van der Waals surface area (Å²) in [6, 6.07) is 29.8. The summed E-state index contributed by atoms with van der Waals surface area (Å²) in [6.45, 7) is 0. The number of H-pyrrole nitrogens is 1. The van der Waals surface area contributed by atoms with Gasteiger partial charge in [0.25, 0.3) is 5.91 Å².